The minimum Gasteiger partial charge on any atom is -0.390 e. The number of halogens is 3. The Bertz CT molecular complexity index is 806. The molecule has 0 amide bonds. The quantitative estimate of drug-likeness (QED) is 0.781. The molecule has 0 spiro atoms. The van der Waals surface area contributed by atoms with Crippen molar-refractivity contribution in [1.82, 2.24) is 9.55 Å². The van der Waals surface area contributed by atoms with Crippen LogP contribution in [0.2, 0.25) is 0 Å². The number of imidazole rings is 1. The van der Waals surface area contributed by atoms with E-state index in [4.69, 9.17) is 0 Å². The molecule has 0 radical (unpaired) electrons. The fraction of sp³-hybridized carbons (Fsp3) is 0.167. The van der Waals surface area contributed by atoms with E-state index in [9.17, 15) is 18.3 Å². The maximum Gasteiger partial charge on any atom is 0.416 e. The average Bonchev–Trinajstić information content (AvgIpc) is 3.02. The van der Waals surface area contributed by atoms with Crippen molar-refractivity contribution in [2.45, 2.75) is 19.3 Å². The first-order valence-electron chi connectivity index (χ1n) is 7.34. The van der Waals surface area contributed by atoms with Crippen LogP contribution >= 0.6 is 0 Å². The van der Waals surface area contributed by atoms with Gasteiger partial charge in [-0.05, 0) is 28.8 Å². The standard InChI is InChI=1S/C18H15F3N2O/c19-18(20,21)16-7-5-15(6-8-16)14-3-1-13(2-4-14)10-23-12-22-9-17(23)11-24/h1-9,12,24H,10-11H2. The van der Waals surface area contributed by atoms with E-state index < -0.39 is 11.7 Å². The number of aliphatic hydroxyl groups excluding tert-OH is 1. The molecule has 0 fully saturated rings. The smallest absolute Gasteiger partial charge is 0.390 e. The molecule has 0 saturated heterocycles. The lowest BCUT2D eigenvalue weighted by Crippen LogP contribution is -2.04. The fourth-order valence-corrected chi connectivity index (χ4v) is 2.47. The molecule has 24 heavy (non-hydrogen) atoms. The van der Waals surface area contributed by atoms with Gasteiger partial charge >= 0.3 is 6.18 Å². The van der Waals surface area contributed by atoms with Gasteiger partial charge in [-0.25, -0.2) is 4.98 Å². The molecule has 0 atom stereocenters. The van der Waals surface area contributed by atoms with Gasteiger partial charge in [-0.3, -0.25) is 0 Å². The molecule has 0 aliphatic heterocycles. The summed E-state index contributed by atoms with van der Waals surface area (Å²) in [5.41, 5.74) is 2.66. The summed E-state index contributed by atoms with van der Waals surface area (Å²) in [4.78, 5) is 3.99. The minimum absolute atomic E-state index is 0.0797. The summed E-state index contributed by atoms with van der Waals surface area (Å²) < 4.78 is 39.6. The third kappa shape index (κ3) is 3.49. The summed E-state index contributed by atoms with van der Waals surface area (Å²) in [6.45, 7) is 0.493. The molecule has 3 nitrogen and oxygen atoms in total. The summed E-state index contributed by atoms with van der Waals surface area (Å²) in [5, 5.41) is 9.22. The Morgan fingerprint density at radius 3 is 2.04 bits per heavy atom. The van der Waals surface area contributed by atoms with Crippen molar-refractivity contribution < 1.29 is 18.3 Å². The first kappa shape index (κ1) is 16.3. The van der Waals surface area contributed by atoms with Crippen LogP contribution in [0.3, 0.4) is 0 Å². The number of aromatic nitrogens is 2. The monoisotopic (exact) mass is 332 g/mol. The third-order valence-corrected chi connectivity index (χ3v) is 3.81. The van der Waals surface area contributed by atoms with Gasteiger partial charge in [0, 0.05) is 6.54 Å². The summed E-state index contributed by atoms with van der Waals surface area (Å²) in [6.07, 6.45) is -1.07. The maximum atomic E-state index is 12.6. The van der Waals surface area contributed by atoms with Gasteiger partial charge in [0.2, 0.25) is 0 Å². The van der Waals surface area contributed by atoms with Crippen LogP contribution in [0.1, 0.15) is 16.8 Å². The number of hydrogen-bond donors (Lipinski definition) is 1. The second-order valence-corrected chi connectivity index (χ2v) is 5.44. The number of nitrogens with zero attached hydrogens (tertiary/aromatic N) is 2. The molecule has 2 aromatic carbocycles. The second kappa shape index (κ2) is 6.49. The molecule has 1 N–H and O–H groups in total. The van der Waals surface area contributed by atoms with Crippen molar-refractivity contribution in [2.24, 2.45) is 0 Å². The first-order chi connectivity index (χ1) is 11.5. The van der Waals surface area contributed by atoms with Gasteiger partial charge < -0.3 is 9.67 Å². The molecule has 6 heteroatoms. The van der Waals surface area contributed by atoms with Gasteiger partial charge in [0.05, 0.1) is 30.4 Å². The van der Waals surface area contributed by atoms with Gasteiger partial charge in [0.15, 0.2) is 0 Å². The van der Waals surface area contributed by atoms with Gasteiger partial charge in [-0.2, -0.15) is 13.2 Å². The maximum absolute atomic E-state index is 12.6. The Morgan fingerprint density at radius 1 is 0.917 bits per heavy atom. The molecule has 0 saturated carbocycles. The zero-order chi connectivity index (χ0) is 17.2. The van der Waals surface area contributed by atoms with Gasteiger partial charge in [-0.1, -0.05) is 36.4 Å². The lowest BCUT2D eigenvalue weighted by molar-refractivity contribution is -0.137. The molecule has 0 aliphatic rings. The van der Waals surface area contributed by atoms with Crippen LogP contribution in [0, 0.1) is 0 Å². The number of benzene rings is 2. The van der Waals surface area contributed by atoms with Crippen molar-refractivity contribution in [3.05, 3.63) is 77.9 Å². The van der Waals surface area contributed by atoms with E-state index >= 15 is 0 Å². The van der Waals surface area contributed by atoms with E-state index in [1.54, 1.807) is 12.5 Å². The number of rotatable bonds is 4. The third-order valence-electron chi connectivity index (χ3n) is 3.81. The van der Waals surface area contributed by atoms with E-state index in [2.05, 4.69) is 4.98 Å². The molecular weight excluding hydrogens is 317 g/mol. The zero-order valence-electron chi connectivity index (χ0n) is 12.7. The SMILES string of the molecule is OCc1cncn1Cc1ccc(-c2ccc(C(F)(F)F)cc2)cc1. The number of alkyl halides is 3. The van der Waals surface area contributed by atoms with Crippen molar-refractivity contribution in [1.29, 1.82) is 0 Å². The van der Waals surface area contributed by atoms with Crippen LogP contribution < -0.4 is 0 Å². The summed E-state index contributed by atoms with van der Waals surface area (Å²) in [5.74, 6) is 0. The second-order valence-electron chi connectivity index (χ2n) is 5.44. The molecular formula is C18H15F3N2O. The largest absolute Gasteiger partial charge is 0.416 e. The lowest BCUT2D eigenvalue weighted by atomic mass is 10.0. The minimum atomic E-state index is -4.32. The highest BCUT2D eigenvalue weighted by molar-refractivity contribution is 5.64. The van der Waals surface area contributed by atoms with Crippen LogP contribution in [0.5, 0.6) is 0 Å². The van der Waals surface area contributed by atoms with Crippen LogP contribution in [0.4, 0.5) is 13.2 Å². The fourth-order valence-electron chi connectivity index (χ4n) is 2.47. The normalized spacial score (nSPS) is 11.7. The Balaban J connectivity index is 1.77. The van der Waals surface area contributed by atoms with Crippen LogP contribution in [0.15, 0.2) is 61.1 Å². The molecule has 0 unspecified atom stereocenters. The number of aliphatic hydroxyl groups is 1. The van der Waals surface area contributed by atoms with Crippen molar-refractivity contribution in [2.75, 3.05) is 0 Å². The van der Waals surface area contributed by atoms with E-state index in [1.165, 1.54) is 12.1 Å². The lowest BCUT2D eigenvalue weighted by Gasteiger charge is -2.09. The van der Waals surface area contributed by atoms with Crippen molar-refractivity contribution in [3.8, 4) is 11.1 Å². The van der Waals surface area contributed by atoms with E-state index in [0.29, 0.717) is 6.54 Å². The molecule has 124 valence electrons. The molecule has 0 bridgehead atoms. The first-order valence-corrected chi connectivity index (χ1v) is 7.34. The van der Waals surface area contributed by atoms with Gasteiger partial charge in [-0.15, -0.1) is 0 Å². The Hall–Kier alpha value is -2.60. The Morgan fingerprint density at radius 2 is 1.50 bits per heavy atom. The molecule has 0 aliphatic carbocycles. The van der Waals surface area contributed by atoms with Crippen LogP contribution in [0.25, 0.3) is 11.1 Å². The Labute approximate surface area is 137 Å². The average molecular weight is 332 g/mol. The van der Waals surface area contributed by atoms with Crippen molar-refractivity contribution >= 4 is 0 Å². The topological polar surface area (TPSA) is 38.1 Å². The summed E-state index contributed by atoms with van der Waals surface area (Å²) in [6, 6.07) is 12.7. The highest BCUT2D eigenvalue weighted by Crippen LogP contribution is 2.31. The predicted octanol–water partition coefficient (Wildman–Crippen LogP) is 4.11. The molecule has 3 rings (SSSR count). The molecule has 1 aromatic heterocycles. The van der Waals surface area contributed by atoms with Gasteiger partial charge in [0.1, 0.15) is 0 Å². The van der Waals surface area contributed by atoms with Crippen molar-refractivity contribution in [3.63, 3.8) is 0 Å². The predicted molar refractivity (Wildman–Crippen MR) is 84.1 cm³/mol. The van der Waals surface area contributed by atoms with E-state index in [1.807, 2.05) is 28.8 Å². The van der Waals surface area contributed by atoms with Gasteiger partial charge in [0.25, 0.3) is 0 Å². The summed E-state index contributed by atoms with van der Waals surface area (Å²) >= 11 is 0. The summed E-state index contributed by atoms with van der Waals surface area (Å²) in [7, 11) is 0. The van der Waals surface area contributed by atoms with E-state index in [0.717, 1.165) is 34.5 Å². The Kier molecular flexibility index (Phi) is 4.40. The number of hydrogen-bond acceptors (Lipinski definition) is 2. The highest BCUT2D eigenvalue weighted by atomic mass is 19.4. The zero-order valence-corrected chi connectivity index (χ0v) is 12.7. The van der Waals surface area contributed by atoms with Crippen LogP contribution in [-0.2, 0) is 19.3 Å². The van der Waals surface area contributed by atoms with E-state index in [-0.39, 0.29) is 6.61 Å². The molecule has 3 aromatic rings. The molecule has 1 heterocycles. The highest BCUT2D eigenvalue weighted by Gasteiger charge is 2.29. The van der Waals surface area contributed by atoms with Crippen LogP contribution in [-0.4, -0.2) is 14.7 Å².